The fraction of sp³-hybridized carbons (Fsp3) is 0.435. The molecule has 0 bridgehead atoms. The van der Waals surface area contributed by atoms with Gasteiger partial charge in [-0.05, 0) is 35.4 Å². The van der Waals surface area contributed by atoms with Crippen LogP contribution in [-0.2, 0) is 14.9 Å². The Bertz CT molecular complexity index is 759. The van der Waals surface area contributed by atoms with Crippen LogP contribution in [0, 0.1) is 0 Å². The molecule has 0 saturated carbocycles. The molecule has 0 spiro atoms. The molecule has 0 N–H and O–H groups in total. The Kier molecular flexibility index (Phi) is 8.77. The molecule has 29 heavy (non-hydrogen) atoms. The molecular formula is C23H28ClFO4. The van der Waals surface area contributed by atoms with Crippen LogP contribution in [0.3, 0.4) is 0 Å². The summed E-state index contributed by atoms with van der Waals surface area (Å²) in [5.74, 6) is 1.22. The molecule has 1 atom stereocenters. The van der Waals surface area contributed by atoms with E-state index in [2.05, 4.69) is 13.8 Å². The van der Waals surface area contributed by atoms with E-state index >= 15 is 0 Å². The lowest BCUT2D eigenvalue weighted by molar-refractivity contribution is -0.146. The smallest absolute Gasteiger partial charge is 0.303 e. The van der Waals surface area contributed by atoms with E-state index in [9.17, 15) is 9.18 Å². The van der Waals surface area contributed by atoms with Gasteiger partial charge in [-0.2, -0.15) is 0 Å². The van der Waals surface area contributed by atoms with Crippen molar-refractivity contribution in [3.05, 3.63) is 59.7 Å². The number of esters is 1. The van der Waals surface area contributed by atoms with Crippen LogP contribution in [0.15, 0.2) is 48.5 Å². The number of hydrogen-bond acceptors (Lipinski definition) is 4. The van der Waals surface area contributed by atoms with Crippen LogP contribution in [0.25, 0.3) is 0 Å². The number of benzene rings is 2. The van der Waals surface area contributed by atoms with E-state index in [1.807, 2.05) is 48.5 Å². The molecule has 0 aliphatic heterocycles. The lowest BCUT2D eigenvalue weighted by atomic mass is 9.78. The molecule has 0 amide bonds. The molecule has 0 radical (unpaired) electrons. The molecule has 2 aromatic rings. The molecule has 4 nitrogen and oxygen atoms in total. The van der Waals surface area contributed by atoms with Gasteiger partial charge in [0, 0.05) is 18.8 Å². The SMILES string of the molecule is CC(=O)OC(CCl)COc1ccc(C(C)(C)c2ccc(OCCCF)cc2)cc1. The van der Waals surface area contributed by atoms with Crippen molar-refractivity contribution in [2.24, 2.45) is 0 Å². The Morgan fingerprint density at radius 2 is 1.52 bits per heavy atom. The molecule has 0 aliphatic rings. The van der Waals surface area contributed by atoms with Gasteiger partial charge >= 0.3 is 5.97 Å². The van der Waals surface area contributed by atoms with E-state index < -0.39 is 6.10 Å². The number of carbonyl (C=O) groups excluding carboxylic acids is 1. The normalized spacial score (nSPS) is 12.3. The molecule has 0 saturated heterocycles. The minimum Gasteiger partial charge on any atom is -0.494 e. The number of rotatable bonds is 11. The van der Waals surface area contributed by atoms with E-state index in [4.69, 9.17) is 25.8 Å². The summed E-state index contributed by atoms with van der Waals surface area (Å²) in [4.78, 5) is 11.0. The van der Waals surface area contributed by atoms with Crippen LogP contribution in [0.4, 0.5) is 4.39 Å². The molecule has 158 valence electrons. The van der Waals surface area contributed by atoms with Crippen molar-refractivity contribution in [1.29, 1.82) is 0 Å². The van der Waals surface area contributed by atoms with Crippen LogP contribution in [0.1, 0.15) is 38.3 Å². The molecule has 2 aromatic carbocycles. The lowest BCUT2D eigenvalue weighted by Gasteiger charge is -2.26. The minimum atomic E-state index is -0.476. The summed E-state index contributed by atoms with van der Waals surface area (Å²) < 4.78 is 28.5. The summed E-state index contributed by atoms with van der Waals surface area (Å²) >= 11 is 5.79. The maximum atomic E-state index is 12.2. The highest BCUT2D eigenvalue weighted by atomic mass is 35.5. The maximum Gasteiger partial charge on any atom is 0.303 e. The maximum absolute atomic E-state index is 12.2. The number of hydrogen-bond donors (Lipinski definition) is 0. The molecule has 0 heterocycles. The van der Waals surface area contributed by atoms with Gasteiger partial charge in [-0.3, -0.25) is 9.18 Å². The third kappa shape index (κ3) is 6.93. The quantitative estimate of drug-likeness (QED) is 0.280. The van der Waals surface area contributed by atoms with Crippen molar-refractivity contribution in [2.45, 2.75) is 38.7 Å². The summed E-state index contributed by atoms with van der Waals surface area (Å²) in [6.07, 6.45) is -0.0790. The number of carbonyl (C=O) groups is 1. The monoisotopic (exact) mass is 422 g/mol. The van der Waals surface area contributed by atoms with E-state index in [-0.39, 0.29) is 30.5 Å². The average molecular weight is 423 g/mol. The predicted molar refractivity (Wildman–Crippen MR) is 113 cm³/mol. The van der Waals surface area contributed by atoms with E-state index in [1.165, 1.54) is 6.92 Å². The zero-order valence-corrected chi connectivity index (χ0v) is 17.9. The first-order valence-electron chi connectivity index (χ1n) is 9.62. The second-order valence-corrected chi connectivity index (χ2v) is 7.57. The zero-order chi connectivity index (χ0) is 21.3. The third-order valence-electron chi connectivity index (χ3n) is 4.64. The summed E-state index contributed by atoms with van der Waals surface area (Å²) in [5.41, 5.74) is 2.05. The summed E-state index contributed by atoms with van der Waals surface area (Å²) in [6.45, 7) is 5.84. The van der Waals surface area contributed by atoms with Gasteiger partial charge in [0.05, 0.1) is 19.2 Å². The first kappa shape index (κ1) is 23.0. The summed E-state index contributed by atoms with van der Waals surface area (Å²) in [5, 5.41) is 0. The molecule has 1 unspecified atom stereocenters. The Morgan fingerprint density at radius 3 is 1.97 bits per heavy atom. The van der Waals surface area contributed by atoms with Crippen molar-refractivity contribution in [1.82, 2.24) is 0 Å². The van der Waals surface area contributed by atoms with Crippen molar-refractivity contribution >= 4 is 17.6 Å². The fourth-order valence-electron chi connectivity index (χ4n) is 2.88. The van der Waals surface area contributed by atoms with Gasteiger partial charge < -0.3 is 14.2 Å². The van der Waals surface area contributed by atoms with Gasteiger partial charge in [0.2, 0.25) is 0 Å². The standard InChI is InChI=1S/C23H28ClFO4/c1-17(26)29-22(15-24)16-28-21-11-7-19(8-12-21)23(2,3)18-5-9-20(10-6-18)27-14-4-13-25/h5-12,22H,4,13-16H2,1-3H3. The van der Waals surface area contributed by atoms with E-state index in [0.717, 1.165) is 16.9 Å². The molecular weight excluding hydrogens is 395 g/mol. The van der Waals surface area contributed by atoms with Gasteiger partial charge in [-0.15, -0.1) is 11.6 Å². The van der Waals surface area contributed by atoms with Crippen molar-refractivity contribution in [3.63, 3.8) is 0 Å². The highest BCUT2D eigenvalue weighted by Gasteiger charge is 2.23. The zero-order valence-electron chi connectivity index (χ0n) is 17.1. The van der Waals surface area contributed by atoms with Gasteiger partial charge in [-0.25, -0.2) is 0 Å². The van der Waals surface area contributed by atoms with Crippen molar-refractivity contribution < 1.29 is 23.4 Å². The molecule has 0 aliphatic carbocycles. The highest BCUT2D eigenvalue weighted by Crippen LogP contribution is 2.33. The summed E-state index contributed by atoms with van der Waals surface area (Å²) in [7, 11) is 0. The largest absolute Gasteiger partial charge is 0.494 e. The van der Waals surface area contributed by atoms with Gasteiger partial charge in [0.1, 0.15) is 24.2 Å². The average Bonchev–Trinajstić information content (AvgIpc) is 2.71. The van der Waals surface area contributed by atoms with Crippen molar-refractivity contribution in [3.8, 4) is 11.5 Å². The lowest BCUT2D eigenvalue weighted by Crippen LogP contribution is -2.25. The topological polar surface area (TPSA) is 44.8 Å². The first-order chi connectivity index (χ1) is 13.9. The van der Waals surface area contributed by atoms with Crippen LogP contribution >= 0.6 is 11.6 Å². The predicted octanol–water partition coefficient (Wildman–Crippen LogP) is 5.30. The number of alkyl halides is 2. The molecule has 2 rings (SSSR count). The van der Waals surface area contributed by atoms with Crippen LogP contribution in [0.5, 0.6) is 11.5 Å². The van der Waals surface area contributed by atoms with E-state index in [0.29, 0.717) is 18.8 Å². The third-order valence-corrected chi connectivity index (χ3v) is 4.98. The number of halogens is 2. The second-order valence-electron chi connectivity index (χ2n) is 7.26. The van der Waals surface area contributed by atoms with Crippen LogP contribution in [0.2, 0.25) is 0 Å². The van der Waals surface area contributed by atoms with Gasteiger partial charge in [0.25, 0.3) is 0 Å². The van der Waals surface area contributed by atoms with Gasteiger partial charge in [0.15, 0.2) is 0 Å². The molecule has 0 aromatic heterocycles. The fourth-order valence-corrected chi connectivity index (χ4v) is 3.03. The molecule has 0 fully saturated rings. The van der Waals surface area contributed by atoms with Crippen molar-refractivity contribution in [2.75, 3.05) is 25.8 Å². The van der Waals surface area contributed by atoms with E-state index in [1.54, 1.807) is 0 Å². The Morgan fingerprint density at radius 1 is 1.00 bits per heavy atom. The Balaban J connectivity index is 2.00. The number of ether oxygens (including phenoxy) is 3. The molecule has 6 heteroatoms. The second kappa shape index (κ2) is 11.1. The van der Waals surface area contributed by atoms with Crippen LogP contribution in [-0.4, -0.2) is 37.8 Å². The Labute approximate surface area is 176 Å². The van der Waals surface area contributed by atoms with Crippen LogP contribution < -0.4 is 9.47 Å². The van der Waals surface area contributed by atoms with Gasteiger partial charge in [-0.1, -0.05) is 38.1 Å². The highest BCUT2D eigenvalue weighted by molar-refractivity contribution is 6.18. The first-order valence-corrected chi connectivity index (χ1v) is 10.2. The summed E-state index contributed by atoms with van der Waals surface area (Å²) in [6, 6.07) is 15.7. The minimum absolute atomic E-state index is 0.179. The Hall–Kier alpha value is -2.27.